The van der Waals surface area contributed by atoms with Gasteiger partial charge in [-0.3, -0.25) is 4.79 Å². The molecule has 0 aliphatic heterocycles. The third kappa shape index (κ3) is 4.78. The highest BCUT2D eigenvalue weighted by atomic mass is 28.4. The molecule has 5 rings (SSSR count). The largest absolute Gasteiger partial charge is 0.516 e. The van der Waals surface area contributed by atoms with E-state index in [2.05, 4.69) is 81.5 Å². The molecule has 1 N–H and O–H groups in total. The van der Waals surface area contributed by atoms with Crippen molar-refractivity contribution in [3.8, 4) is 0 Å². The van der Waals surface area contributed by atoms with E-state index in [0.29, 0.717) is 11.8 Å². The van der Waals surface area contributed by atoms with Crippen LogP contribution in [0.15, 0.2) is 23.5 Å². The predicted octanol–water partition coefficient (Wildman–Crippen LogP) is 10.4. The summed E-state index contributed by atoms with van der Waals surface area (Å²) in [6, 6.07) is 0. The fourth-order valence-electron chi connectivity index (χ4n) is 11.6. The topological polar surface area (TPSA) is 55.8 Å². The minimum absolute atomic E-state index is 0.00328. The molecule has 0 radical (unpaired) electrons. The van der Waals surface area contributed by atoms with E-state index in [0.717, 1.165) is 58.0 Å². The van der Waals surface area contributed by atoms with Crippen molar-refractivity contribution >= 4 is 14.3 Å². The second kappa shape index (κ2) is 10.2. The Hall–Kier alpha value is -1.07. The van der Waals surface area contributed by atoms with Gasteiger partial charge >= 0.3 is 5.97 Å². The number of hydrogen-bond donors (Lipinski definition) is 1. The first-order valence-corrected chi connectivity index (χ1v) is 20.3. The monoisotopic (exact) mass is 612 g/mol. The highest BCUT2D eigenvalue weighted by Gasteiger charge is 2.69. The van der Waals surface area contributed by atoms with Crippen molar-refractivity contribution in [3.63, 3.8) is 0 Å². The lowest BCUT2D eigenvalue weighted by Crippen LogP contribution is -2.64. The quantitative estimate of drug-likeness (QED) is 0.148. The summed E-state index contributed by atoms with van der Waals surface area (Å²) in [4.78, 5) is 13.6. The van der Waals surface area contributed by atoms with Crippen LogP contribution in [0.4, 0.5) is 0 Å². The van der Waals surface area contributed by atoms with Gasteiger partial charge in [-0.25, -0.2) is 0 Å². The molecule has 0 heterocycles. The molecule has 0 amide bonds. The van der Waals surface area contributed by atoms with Crippen LogP contribution in [0.25, 0.3) is 0 Å². The third-order valence-electron chi connectivity index (χ3n) is 15.3. The molecule has 4 nitrogen and oxygen atoms in total. The van der Waals surface area contributed by atoms with Crippen molar-refractivity contribution in [3.05, 3.63) is 23.5 Å². The van der Waals surface area contributed by atoms with Gasteiger partial charge < -0.3 is 14.3 Å². The highest BCUT2D eigenvalue weighted by Crippen LogP contribution is 2.76. The molecular formula is C38H64O4Si. The summed E-state index contributed by atoms with van der Waals surface area (Å²) in [5.74, 6) is 1.38. The Morgan fingerprint density at radius 3 is 2.26 bits per heavy atom. The van der Waals surface area contributed by atoms with E-state index < -0.39 is 8.32 Å². The number of methoxy groups -OCH3 is 1. The number of allylic oxidation sites excluding steroid dienone is 3. The van der Waals surface area contributed by atoms with Crippen LogP contribution in [-0.2, 0) is 14.0 Å². The number of carbonyl (C=O) groups is 1. The molecule has 0 unspecified atom stereocenters. The highest BCUT2D eigenvalue weighted by molar-refractivity contribution is 6.74. The number of rotatable bonds is 4. The number of carbonyl (C=O) groups excluding carboxylic acids is 1. The first kappa shape index (κ1) is 33.3. The summed E-state index contributed by atoms with van der Waals surface area (Å²) in [5, 5.41) is 10.7. The van der Waals surface area contributed by atoms with Gasteiger partial charge in [-0.15, -0.1) is 0 Å². The Balaban J connectivity index is 1.55. The van der Waals surface area contributed by atoms with Gasteiger partial charge in [0.15, 0.2) is 8.32 Å². The summed E-state index contributed by atoms with van der Waals surface area (Å²) in [6.45, 7) is 27.5. The molecule has 5 aliphatic carbocycles. The van der Waals surface area contributed by atoms with Gasteiger partial charge in [0.25, 0.3) is 0 Å². The van der Waals surface area contributed by atoms with Crippen LogP contribution in [0.5, 0.6) is 0 Å². The summed E-state index contributed by atoms with van der Waals surface area (Å²) >= 11 is 0. The number of aliphatic hydroxyl groups is 1. The minimum atomic E-state index is -1.91. The molecule has 4 fully saturated rings. The average molecular weight is 613 g/mol. The van der Waals surface area contributed by atoms with E-state index >= 15 is 0 Å². The van der Waals surface area contributed by atoms with E-state index in [1.807, 2.05) is 0 Å². The Morgan fingerprint density at radius 1 is 1.00 bits per heavy atom. The first-order chi connectivity index (χ1) is 19.6. The van der Waals surface area contributed by atoms with Crippen molar-refractivity contribution in [2.75, 3.05) is 13.7 Å². The lowest BCUT2D eigenvalue weighted by molar-refractivity contribution is -0.188. The molecule has 0 spiro atoms. The fraction of sp³-hybridized carbons (Fsp3) is 0.868. The summed E-state index contributed by atoms with van der Waals surface area (Å²) < 4.78 is 12.5. The molecule has 0 aromatic carbocycles. The normalized spacial score (nSPS) is 45.3. The summed E-state index contributed by atoms with van der Waals surface area (Å²) in [7, 11) is -0.316. The third-order valence-corrected chi connectivity index (χ3v) is 19.8. The van der Waals surface area contributed by atoms with E-state index in [9.17, 15) is 9.90 Å². The fourth-order valence-corrected chi connectivity index (χ4v) is 12.7. The standard InChI is InChI=1S/C38H64O4Si/c1-32(2,3)43(11,12)42-25-34(6)21-26(24-39)22-35(7)29(34)15-16-37(9)30(35)14-13-27-28-23-33(4,5)17-19-38(28,31(40)41-10)20-18-36(27,37)8/h13,24,28-30,39H,14-23,25H2,1-12H3/b26-24+/t28-,29-,30+,34-,35-,36+,37+,38-/m0/s1. The zero-order valence-electron chi connectivity index (χ0n) is 29.8. The van der Waals surface area contributed by atoms with Crippen molar-refractivity contribution in [1.82, 2.24) is 0 Å². The minimum Gasteiger partial charge on any atom is -0.516 e. The number of ether oxygens (including phenoxy) is 1. The van der Waals surface area contributed by atoms with Gasteiger partial charge in [0.05, 0.1) is 18.8 Å². The van der Waals surface area contributed by atoms with Gasteiger partial charge in [0.1, 0.15) is 0 Å². The maximum absolute atomic E-state index is 13.6. The number of esters is 1. The molecule has 0 aromatic rings. The van der Waals surface area contributed by atoms with E-state index in [-0.39, 0.29) is 49.4 Å². The maximum atomic E-state index is 13.6. The Morgan fingerprint density at radius 2 is 1.65 bits per heavy atom. The Bertz CT molecular complexity index is 1190. The van der Waals surface area contributed by atoms with Crippen molar-refractivity contribution in [1.29, 1.82) is 0 Å². The van der Waals surface area contributed by atoms with Gasteiger partial charge in [0, 0.05) is 6.61 Å². The molecule has 5 aliphatic rings. The molecular weight excluding hydrogens is 549 g/mol. The molecule has 8 atom stereocenters. The molecule has 244 valence electrons. The van der Waals surface area contributed by atoms with Crippen molar-refractivity contribution < 1.29 is 19.1 Å². The van der Waals surface area contributed by atoms with Crippen LogP contribution in [0, 0.1) is 50.2 Å². The van der Waals surface area contributed by atoms with Gasteiger partial charge in [-0.1, -0.05) is 74.0 Å². The van der Waals surface area contributed by atoms with E-state index in [4.69, 9.17) is 9.16 Å². The molecule has 4 saturated carbocycles. The Labute approximate surface area is 265 Å². The second-order valence-electron chi connectivity index (χ2n) is 19.2. The molecule has 0 saturated heterocycles. The zero-order chi connectivity index (χ0) is 32.1. The number of fused-ring (bicyclic) bond motifs is 7. The Kier molecular flexibility index (Phi) is 7.91. The molecule has 5 heteroatoms. The second-order valence-corrected chi connectivity index (χ2v) is 24.0. The van der Waals surface area contributed by atoms with Crippen LogP contribution in [-0.4, -0.2) is 33.1 Å². The smallest absolute Gasteiger partial charge is 0.312 e. The SMILES string of the molecule is COC(=O)[C@]12CCC(C)(C)C[C@H]1C1=CC[C@@H]3[C@@]4(C)C/C(=C/O)C[C@@](C)(CO[Si](C)(C)C(C)(C)C)[C@@H]4CC[C@@]3(C)[C@]1(C)CC2. The van der Waals surface area contributed by atoms with Crippen LogP contribution >= 0.6 is 0 Å². The number of hydrogen-bond acceptors (Lipinski definition) is 4. The van der Waals surface area contributed by atoms with Gasteiger partial charge in [-0.2, -0.15) is 0 Å². The summed E-state index contributed by atoms with van der Waals surface area (Å²) in [6.07, 6.45) is 14.6. The van der Waals surface area contributed by atoms with Crippen LogP contribution < -0.4 is 0 Å². The van der Waals surface area contributed by atoms with Crippen LogP contribution in [0.2, 0.25) is 18.1 Å². The van der Waals surface area contributed by atoms with E-state index in [1.54, 1.807) is 12.7 Å². The molecule has 0 aromatic heterocycles. The predicted molar refractivity (Wildman–Crippen MR) is 179 cm³/mol. The van der Waals surface area contributed by atoms with Crippen LogP contribution in [0.3, 0.4) is 0 Å². The van der Waals surface area contributed by atoms with Crippen molar-refractivity contribution in [2.45, 2.75) is 145 Å². The number of aliphatic hydroxyl groups excluding tert-OH is 1. The average Bonchev–Trinajstić information content (AvgIpc) is 2.90. The molecule has 43 heavy (non-hydrogen) atoms. The maximum Gasteiger partial charge on any atom is 0.312 e. The lowest BCUT2D eigenvalue weighted by atomic mass is 9.33. The summed E-state index contributed by atoms with van der Waals surface area (Å²) in [5.41, 5.74) is 2.94. The first-order valence-electron chi connectivity index (χ1n) is 17.4. The van der Waals surface area contributed by atoms with Gasteiger partial charge in [0.2, 0.25) is 0 Å². The van der Waals surface area contributed by atoms with Crippen molar-refractivity contribution in [2.24, 2.45) is 50.2 Å². The van der Waals surface area contributed by atoms with E-state index in [1.165, 1.54) is 24.7 Å². The molecule has 0 bridgehead atoms. The zero-order valence-corrected chi connectivity index (χ0v) is 30.8. The van der Waals surface area contributed by atoms with Gasteiger partial charge in [-0.05, 0) is 133 Å². The lowest BCUT2D eigenvalue weighted by Gasteiger charge is -2.71. The van der Waals surface area contributed by atoms with Crippen LogP contribution in [0.1, 0.15) is 127 Å².